The molecule has 1 fully saturated rings. The molecule has 0 saturated carbocycles. The van der Waals surface area contributed by atoms with Crippen LogP contribution >= 0.6 is 15.9 Å². The van der Waals surface area contributed by atoms with E-state index in [1.807, 2.05) is 19.1 Å². The molecule has 1 aromatic rings. The van der Waals surface area contributed by atoms with Crippen LogP contribution in [-0.4, -0.2) is 49.6 Å². The van der Waals surface area contributed by atoms with E-state index in [-0.39, 0.29) is 5.75 Å². The molecule has 19 heavy (non-hydrogen) atoms. The first-order valence-corrected chi connectivity index (χ1v) is 8.77. The number of piperazine rings is 1. The third kappa shape index (κ3) is 3.67. The Morgan fingerprint density at radius 1 is 1.26 bits per heavy atom. The fraction of sp³-hybridized carbons (Fsp3) is 0.583. The van der Waals surface area contributed by atoms with E-state index in [0.717, 1.165) is 10.3 Å². The SMILES string of the molecule is CCCS(=O)(=O)N1CCN(c2ccc(Br)cn2)CC1. The molecule has 7 heteroatoms. The predicted octanol–water partition coefficient (Wildman–Crippen LogP) is 1.71. The average molecular weight is 348 g/mol. The lowest BCUT2D eigenvalue weighted by atomic mass is 10.3. The molecule has 0 amide bonds. The van der Waals surface area contributed by atoms with Gasteiger partial charge in [-0.25, -0.2) is 13.4 Å². The van der Waals surface area contributed by atoms with Crippen LogP contribution in [-0.2, 0) is 10.0 Å². The van der Waals surface area contributed by atoms with E-state index in [9.17, 15) is 8.42 Å². The first-order valence-electron chi connectivity index (χ1n) is 6.37. The number of rotatable bonds is 4. The van der Waals surface area contributed by atoms with Gasteiger partial charge < -0.3 is 4.90 Å². The van der Waals surface area contributed by atoms with E-state index in [0.29, 0.717) is 32.6 Å². The zero-order valence-corrected chi connectivity index (χ0v) is 13.3. The average Bonchev–Trinajstić information content (AvgIpc) is 2.40. The third-order valence-corrected chi connectivity index (χ3v) is 5.68. The summed E-state index contributed by atoms with van der Waals surface area (Å²) >= 11 is 3.35. The van der Waals surface area contributed by atoms with Gasteiger partial charge in [-0.15, -0.1) is 0 Å². The van der Waals surface area contributed by atoms with Crippen LogP contribution in [0.25, 0.3) is 0 Å². The lowest BCUT2D eigenvalue weighted by Gasteiger charge is -2.34. The Balaban J connectivity index is 1.98. The van der Waals surface area contributed by atoms with Crippen molar-refractivity contribution in [2.24, 2.45) is 0 Å². The Morgan fingerprint density at radius 3 is 2.47 bits per heavy atom. The smallest absolute Gasteiger partial charge is 0.214 e. The van der Waals surface area contributed by atoms with E-state index >= 15 is 0 Å². The first kappa shape index (κ1) is 14.7. The molecule has 1 aliphatic heterocycles. The molecule has 1 aromatic heterocycles. The monoisotopic (exact) mass is 347 g/mol. The van der Waals surface area contributed by atoms with Gasteiger partial charge in [0.25, 0.3) is 0 Å². The minimum absolute atomic E-state index is 0.240. The second kappa shape index (κ2) is 6.19. The van der Waals surface area contributed by atoms with Gasteiger partial charge in [0.05, 0.1) is 5.75 Å². The Morgan fingerprint density at radius 2 is 1.95 bits per heavy atom. The minimum atomic E-state index is -3.07. The lowest BCUT2D eigenvalue weighted by Crippen LogP contribution is -2.49. The molecule has 0 atom stereocenters. The molecule has 0 aliphatic carbocycles. The van der Waals surface area contributed by atoms with Gasteiger partial charge in [-0.3, -0.25) is 0 Å². The fourth-order valence-electron chi connectivity index (χ4n) is 2.14. The predicted molar refractivity (Wildman–Crippen MR) is 79.8 cm³/mol. The van der Waals surface area contributed by atoms with Crippen LogP contribution in [0.3, 0.4) is 0 Å². The molecule has 0 aromatic carbocycles. The van der Waals surface area contributed by atoms with Crippen molar-refractivity contribution >= 4 is 31.8 Å². The lowest BCUT2D eigenvalue weighted by molar-refractivity contribution is 0.383. The number of halogens is 1. The van der Waals surface area contributed by atoms with Crippen molar-refractivity contribution in [1.29, 1.82) is 0 Å². The Bertz CT molecular complexity index is 510. The molecule has 0 spiro atoms. The van der Waals surface area contributed by atoms with Crippen molar-refractivity contribution in [2.75, 3.05) is 36.8 Å². The highest BCUT2D eigenvalue weighted by Gasteiger charge is 2.26. The van der Waals surface area contributed by atoms with Gasteiger partial charge in [0.2, 0.25) is 10.0 Å². The van der Waals surface area contributed by atoms with Gasteiger partial charge in [0.1, 0.15) is 5.82 Å². The number of aromatic nitrogens is 1. The number of nitrogens with zero attached hydrogens (tertiary/aromatic N) is 3. The zero-order chi connectivity index (χ0) is 13.9. The third-order valence-electron chi connectivity index (χ3n) is 3.13. The standard InChI is InChI=1S/C12H18BrN3O2S/c1-2-9-19(17,18)16-7-5-15(6-8-16)12-4-3-11(13)10-14-12/h3-4,10H,2,5-9H2,1H3. The Kier molecular flexibility index (Phi) is 4.81. The van der Waals surface area contributed by atoms with E-state index in [1.165, 1.54) is 0 Å². The molecular weight excluding hydrogens is 330 g/mol. The maximum Gasteiger partial charge on any atom is 0.214 e. The largest absolute Gasteiger partial charge is 0.354 e. The van der Waals surface area contributed by atoms with Gasteiger partial charge in [0, 0.05) is 36.8 Å². The van der Waals surface area contributed by atoms with Crippen LogP contribution in [0.1, 0.15) is 13.3 Å². The Labute approximate surface area is 122 Å². The molecule has 5 nitrogen and oxygen atoms in total. The molecule has 0 radical (unpaired) electrons. The molecule has 0 N–H and O–H groups in total. The summed E-state index contributed by atoms with van der Waals surface area (Å²) in [5, 5.41) is 0. The quantitative estimate of drug-likeness (QED) is 0.831. The van der Waals surface area contributed by atoms with Gasteiger partial charge >= 0.3 is 0 Å². The second-order valence-corrected chi connectivity index (χ2v) is 7.54. The fourth-order valence-corrected chi connectivity index (χ4v) is 3.87. The van der Waals surface area contributed by atoms with E-state index in [1.54, 1.807) is 10.5 Å². The van der Waals surface area contributed by atoms with Crippen molar-refractivity contribution < 1.29 is 8.42 Å². The van der Waals surface area contributed by atoms with Crippen molar-refractivity contribution in [3.63, 3.8) is 0 Å². The summed E-state index contributed by atoms with van der Waals surface area (Å²) in [6.45, 7) is 4.36. The van der Waals surface area contributed by atoms with E-state index in [4.69, 9.17) is 0 Å². The number of hydrogen-bond acceptors (Lipinski definition) is 4. The molecule has 106 valence electrons. The molecule has 1 saturated heterocycles. The number of sulfonamides is 1. The van der Waals surface area contributed by atoms with Crippen LogP contribution in [0.5, 0.6) is 0 Å². The highest BCUT2D eigenvalue weighted by Crippen LogP contribution is 2.17. The summed E-state index contributed by atoms with van der Waals surface area (Å²) in [6, 6.07) is 3.89. The summed E-state index contributed by atoms with van der Waals surface area (Å²) in [5.41, 5.74) is 0. The van der Waals surface area contributed by atoms with Crippen molar-refractivity contribution in [3.05, 3.63) is 22.8 Å². The number of pyridine rings is 1. The topological polar surface area (TPSA) is 53.5 Å². The molecular formula is C12H18BrN3O2S. The molecule has 0 bridgehead atoms. The van der Waals surface area contributed by atoms with Gasteiger partial charge in [0.15, 0.2) is 0 Å². The minimum Gasteiger partial charge on any atom is -0.354 e. The van der Waals surface area contributed by atoms with Crippen LogP contribution < -0.4 is 4.90 Å². The van der Waals surface area contributed by atoms with Gasteiger partial charge in [-0.2, -0.15) is 4.31 Å². The van der Waals surface area contributed by atoms with Gasteiger partial charge in [-0.1, -0.05) is 6.92 Å². The van der Waals surface area contributed by atoms with Crippen LogP contribution in [0.2, 0.25) is 0 Å². The molecule has 2 heterocycles. The Hall–Kier alpha value is -0.660. The number of hydrogen-bond donors (Lipinski definition) is 0. The summed E-state index contributed by atoms with van der Waals surface area (Å²) in [7, 11) is -3.07. The van der Waals surface area contributed by atoms with Crippen LogP contribution in [0.4, 0.5) is 5.82 Å². The van der Waals surface area contributed by atoms with Crippen LogP contribution in [0, 0.1) is 0 Å². The molecule has 2 rings (SSSR count). The van der Waals surface area contributed by atoms with Crippen molar-refractivity contribution in [2.45, 2.75) is 13.3 Å². The highest BCUT2D eigenvalue weighted by atomic mass is 79.9. The highest BCUT2D eigenvalue weighted by molar-refractivity contribution is 9.10. The second-order valence-electron chi connectivity index (χ2n) is 4.54. The molecule has 1 aliphatic rings. The maximum atomic E-state index is 12.0. The van der Waals surface area contributed by atoms with Gasteiger partial charge in [-0.05, 0) is 34.5 Å². The van der Waals surface area contributed by atoms with Crippen molar-refractivity contribution in [1.82, 2.24) is 9.29 Å². The summed E-state index contributed by atoms with van der Waals surface area (Å²) in [6.07, 6.45) is 2.42. The van der Waals surface area contributed by atoms with Crippen LogP contribution in [0.15, 0.2) is 22.8 Å². The van der Waals surface area contributed by atoms with Crippen molar-refractivity contribution in [3.8, 4) is 0 Å². The summed E-state index contributed by atoms with van der Waals surface area (Å²) in [5.74, 6) is 1.14. The normalized spacial score (nSPS) is 17.7. The van der Waals surface area contributed by atoms with E-state index in [2.05, 4.69) is 25.8 Å². The zero-order valence-electron chi connectivity index (χ0n) is 10.9. The number of anilines is 1. The maximum absolute atomic E-state index is 12.0. The molecule has 0 unspecified atom stereocenters. The van der Waals surface area contributed by atoms with E-state index < -0.39 is 10.0 Å². The first-order chi connectivity index (χ1) is 9.03. The summed E-state index contributed by atoms with van der Waals surface area (Å²) in [4.78, 5) is 6.45. The summed E-state index contributed by atoms with van der Waals surface area (Å²) < 4.78 is 26.5.